The van der Waals surface area contributed by atoms with Gasteiger partial charge in [0.1, 0.15) is 5.75 Å². The summed E-state index contributed by atoms with van der Waals surface area (Å²) < 4.78 is 5.25. The summed E-state index contributed by atoms with van der Waals surface area (Å²) in [6.45, 7) is 8.82. The first-order chi connectivity index (χ1) is 9.04. The van der Waals surface area contributed by atoms with Crippen LogP contribution in [0.2, 0.25) is 0 Å². The zero-order chi connectivity index (χ0) is 14.3. The number of hydrogen-bond acceptors (Lipinski definition) is 3. The van der Waals surface area contributed by atoms with Crippen molar-refractivity contribution in [3.05, 3.63) is 29.8 Å². The molecule has 108 valence electrons. The Morgan fingerprint density at radius 2 is 2.00 bits per heavy atom. The fraction of sp³-hybridized carbons (Fsp3) is 0.625. The first kappa shape index (κ1) is 16.0. The number of methoxy groups -OCH3 is 1. The Morgan fingerprint density at radius 3 is 2.63 bits per heavy atom. The Balaban J connectivity index is 2.32. The summed E-state index contributed by atoms with van der Waals surface area (Å²) in [7, 11) is 3.88. The van der Waals surface area contributed by atoms with Crippen molar-refractivity contribution in [3.8, 4) is 5.75 Å². The first-order valence-electron chi connectivity index (χ1n) is 7.12. The van der Waals surface area contributed by atoms with Crippen molar-refractivity contribution < 1.29 is 4.74 Å². The maximum Gasteiger partial charge on any atom is 0.119 e. The van der Waals surface area contributed by atoms with E-state index in [-0.39, 0.29) is 0 Å². The van der Waals surface area contributed by atoms with Gasteiger partial charge < -0.3 is 15.0 Å². The summed E-state index contributed by atoms with van der Waals surface area (Å²) in [5, 5.41) is 3.56. The molecule has 0 radical (unpaired) electrons. The summed E-state index contributed by atoms with van der Waals surface area (Å²) in [6.07, 6.45) is 1.17. The Morgan fingerprint density at radius 1 is 1.26 bits per heavy atom. The van der Waals surface area contributed by atoms with Crippen molar-refractivity contribution in [1.82, 2.24) is 10.2 Å². The van der Waals surface area contributed by atoms with E-state index in [0.717, 1.165) is 18.8 Å². The third kappa shape index (κ3) is 5.62. The smallest absolute Gasteiger partial charge is 0.119 e. The quantitative estimate of drug-likeness (QED) is 0.730. The van der Waals surface area contributed by atoms with Crippen LogP contribution < -0.4 is 10.1 Å². The third-order valence-electron chi connectivity index (χ3n) is 3.61. The Kier molecular flexibility index (Phi) is 6.89. The Labute approximate surface area is 118 Å². The molecule has 1 atom stereocenters. The number of hydrogen-bond donors (Lipinski definition) is 1. The minimum absolute atomic E-state index is 0.361. The van der Waals surface area contributed by atoms with Crippen molar-refractivity contribution in [2.75, 3.05) is 27.2 Å². The topological polar surface area (TPSA) is 24.5 Å². The van der Waals surface area contributed by atoms with E-state index in [1.165, 1.54) is 12.0 Å². The Hall–Kier alpha value is -1.06. The number of nitrogens with one attached hydrogen (secondary N) is 1. The van der Waals surface area contributed by atoms with Gasteiger partial charge in [-0.1, -0.05) is 12.1 Å². The van der Waals surface area contributed by atoms with Crippen LogP contribution in [-0.4, -0.2) is 38.2 Å². The molecular formula is C16H28N2O. The van der Waals surface area contributed by atoms with E-state index >= 15 is 0 Å². The molecule has 1 unspecified atom stereocenters. The van der Waals surface area contributed by atoms with Gasteiger partial charge >= 0.3 is 0 Å². The van der Waals surface area contributed by atoms with Crippen molar-refractivity contribution in [3.63, 3.8) is 0 Å². The van der Waals surface area contributed by atoms with Crippen LogP contribution in [0.4, 0.5) is 0 Å². The van der Waals surface area contributed by atoms with E-state index in [2.05, 4.69) is 50.2 Å². The van der Waals surface area contributed by atoms with Gasteiger partial charge in [-0.25, -0.2) is 0 Å². The summed E-state index contributed by atoms with van der Waals surface area (Å²) in [6, 6.07) is 9.24. The summed E-state index contributed by atoms with van der Waals surface area (Å²) in [5.74, 6) is 0.922. The van der Waals surface area contributed by atoms with Crippen molar-refractivity contribution in [2.24, 2.45) is 0 Å². The van der Waals surface area contributed by atoms with Gasteiger partial charge in [0.15, 0.2) is 0 Å². The molecule has 19 heavy (non-hydrogen) atoms. The molecule has 1 N–H and O–H groups in total. The highest BCUT2D eigenvalue weighted by Gasteiger charge is 2.06. The second kappa shape index (κ2) is 8.18. The van der Waals surface area contributed by atoms with Crippen LogP contribution in [0.3, 0.4) is 0 Å². The van der Waals surface area contributed by atoms with Crippen molar-refractivity contribution in [2.45, 2.75) is 39.3 Å². The number of benzene rings is 1. The summed E-state index contributed by atoms with van der Waals surface area (Å²) in [5.41, 5.74) is 1.27. The van der Waals surface area contributed by atoms with Crippen LogP contribution in [0.15, 0.2) is 24.3 Å². The van der Waals surface area contributed by atoms with Crippen molar-refractivity contribution >= 4 is 0 Å². The van der Waals surface area contributed by atoms with Crippen molar-refractivity contribution in [1.29, 1.82) is 0 Å². The van der Waals surface area contributed by atoms with E-state index in [1.54, 1.807) is 7.11 Å². The van der Waals surface area contributed by atoms with Crippen LogP contribution in [0.1, 0.15) is 38.8 Å². The van der Waals surface area contributed by atoms with E-state index in [9.17, 15) is 0 Å². The monoisotopic (exact) mass is 264 g/mol. The van der Waals surface area contributed by atoms with E-state index < -0.39 is 0 Å². The predicted octanol–water partition coefficient (Wildman–Crippen LogP) is 3.08. The van der Waals surface area contributed by atoms with Gasteiger partial charge in [0, 0.05) is 12.1 Å². The summed E-state index contributed by atoms with van der Waals surface area (Å²) >= 11 is 0. The van der Waals surface area contributed by atoms with Gasteiger partial charge in [-0.05, 0) is 65.0 Å². The Bertz CT molecular complexity index is 366. The fourth-order valence-corrected chi connectivity index (χ4v) is 1.93. The molecule has 0 amide bonds. The largest absolute Gasteiger partial charge is 0.497 e. The molecule has 0 spiro atoms. The molecule has 3 heteroatoms. The second-order valence-electron chi connectivity index (χ2n) is 5.38. The molecule has 1 rings (SSSR count). The fourth-order valence-electron chi connectivity index (χ4n) is 1.93. The molecule has 1 aromatic rings. The number of rotatable bonds is 8. The normalized spacial score (nSPS) is 13.0. The lowest BCUT2D eigenvalue weighted by atomic mass is 10.1. The first-order valence-corrected chi connectivity index (χ1v) is 7.12. The van der Waals surface area contributed by atoms with Crippen LogP contribution in [-0.2, 0) is 0 Å². The molecule has 0 fully saturated rings. The van der Waals surface area contributed by atoms with Gasteiger partial charge in [-0.15, -0.1) is 0 Å². The van der Waals surface area contributed by atoms with E-state index in [4.69, 9.17) is 4.74 Å². The molecule has 0 saturated carbocycles. The van der Waals surface area contributed by atoms with Gasteiger partial charge in [0.2, 0.25) is 0 Å². The zero-order valence-electron chi connectivity index (χ0n) is 12.9. The lowest BCUT2D eigenvalue weighted by Gasteiger charge is -2.21. The van der Waals surface area contributed by atoms with Gasteiger partial charge in [0.05, 0.1) is 7.11 Å². The highest BCUT2D eigenvalue weighted by atomic mass is 16.5. The average molecular weight is 264 g/mol. The van der Waals surface area contributed by atoms with E-state index in [0.29, 0.717) is 12.1 Å². The molecule has 0 bridgehead atoms. The van der Waals surface area contributed by atoms with Crippen LogP contribution in [0, 0.1) is 0 Å². The van der Waals surface area contributed by atoms with Gasteiger partial charge in [-0.3, -0.25) is 0 Å². The molecule has 3 nitrogen and oxygen atoms in total. The number of nitrogens with zero attached hydrogens (tertiary/aromatic N) is 1. The van der Waals surface area contributed by atoms with Gasteiger partial charge in [0.25, 0.3) is 0 Å². The van der Waals surface area contributed by atoms with Gasteiger partial charge in [-0.2, -0.15) is 0 Å². The highest BCUT2D eigenvalue weighted by molar-refractivity contribution is 5.30. The SMILES string of the molecule is COc1cccc(C(C)NCCCN(C)C(C)C)c1. The second-order valence-corrected chi connectivity index (χ2v) is 5.38. The molecule has 0 aliphatic rings. The maximum atomic E-state index is 5.25. The minimum Gasteiger partial charge on any atom is -0.497 e. The zero-order valence-corrected chi connectivity index (χ0v) is 12.9. The molecule has 0 aliphatic heterocycles. The lowest BCUT2D eigenvalue weighted by molar-refractivity contribution is 0.268. The maximum absolute atomic E-state index is 5.25. The third-order valence-corrected chi connectivity index (χ3v) is 3.61. The molecule has 0 saturated heterocycles. The standard InChI is InChI=1S/C16H28N2O/c1-13(2)18(4)11-7-10-17-14(3)15-8-6-9-16(12-15)19-5/h6,8-9,12-14,17H,7,10-11H2,1-5H3. The lowest BCUT2D eigenvalue weighted by Crippen LogP contribution is -2.30. The molecular weight excluding hydrogens is 236 g/mol. The van der Waals surface area contributed by atoms with Crippen LogP contribution in [0.25, 0.3) is 0 Å². The molecule has 1 aromatic carbocycles. The molecule has 0 aromatic heterocycles. The van der Waals surface area contributed by atoms with Crippen LogP contribution in [0.5, 0.6) is 5.75 Å². The predicted molar refractivity (Wildman–Crippen MR) is 81.8 cm³/mol. The average Bonchev–Trinajstić information content (AvgIpc) is 2.42. The highest BCUT2D eigenvalue weighted by Crippen LogP contribution is 2.18. The van der Waals surface area contributed by atoms with E-state index in [1.807, 2.05) is 12.1 Å². The molecule has 0 aliphatic carbocycles. The number of ether oxygens (including phenoxy) is 1. The minimum atomic E-state index is 0.361. The molecule has 0 heterocycles. The summed E-state index contributed by atoms with van der Waals surface area (Å²) in [4.78, 5) is 2.37. The van der Waals surface area contributed by atoms with Crippen LogP contribution >= 0.6 is 0 Å².